The van der Waals surface area contributed by atoms with Crippen LogP contribution in [0, 0.1) is 0 Å². The molecule has 0 radical (unpaired) electrons. The van der Waals surface area contributed by atoms with Crippen molar-refractivity contribution in [2.45, 2.75) is 6.42 Å². The van der Waals surface area contributed by atoms with Crippen molar-refractivity contribution in [2.75, 3.05) is 5.32 Å². The Morgan fingerprint density at radius 3 is 2.44 bits per heavy atom. The first-order chi connectivity index (χ1) is 12.1. The van der Waals surface area contributed by atoms with Crippen LogP contribution in [0.25, 0.3) is 0 Å². The minimum atomic E-state index is -0.324. The van der Waals surface area contributed by atoms with Crippen molar-refractivity contribution >= 4 is 40.5 Å². The van der Waals surface area contributed by atoms with Crippen molar-refractivity contribution in [3.05, 3.63) is 81.5 Å². The fourth-order valence-corrected chi connectivity index (χ4v) is 3.08. The van der Waals surface area contributed by atoms with Gasteiger partial charge in [0.05, 0.1) is 17.0 Å². The number of hydrogen-bond acceptors (Lipinski definition) is 4. The number of carbonyl (C=O) groups is 2. The zero-order chi connectivity index (χ0) is 17.6. The second-order valence-corrected chi connectivity index (χ2v) is 6.63. The molecular formula is C19H14ClNO3S. The summed E-state index contributed by atoms with van der Waals surface area (Å²) in [5.41, 5.74) is 0.985. The van der Waals surface area contributed by atoms with Crippen LogP contribution in [0.2, 0.25) is 5.02 Å². The van der Waals surface area contributed by atoms with Gasteiger partial charge in [-0.25, -0.2) is 0 Å². The summed E-state index contributed by atoms with van der Waals surface area (Å²) in [5.74, 6) is -0.194. The Labute approximate surface area is 154 Å². The molecule has 1 aromatic heterocycles. The Bertz CT molecular complexity index is 876. The van der Waals surface area contributed by atoms with Gasteiger partial charge in [0, 0.05) is 10.6 Å². The Morgan fingerprint density at radius 1 is 1.00 bits per heavy atom. The highest BCUT2D eigenvalue weighted by atomic mass is 35.5. The monoisotopic (exact) mass is 371 g/mol. The first kappa shape index (κ1) is 17.2. The number of rotatable bonds is 5. The van der Waals surface area contributed by atoms with E-state index in [1.54, 1.807) is 48.5 Å². The Balaban J connectivity index is 1.59. The van der Waals surface area contributed by atoms with Gasteiger partial charge in [-0.15, -0.1) is 11.3 Å². The largest absolute Gasteiger partial charge is 0.426 e. The van der Waals surface area contributed by atoms with Crippen LogP contribution in [0.3, 0.4) is 0 Å². The molecule has 4 nitrogen and oxygen atoms in total. The van der Waals surface area contributed by atoms with Crippen molar-refractivity contribution in [1.29, 1.82) is 0 Å². The summed E-state index contributed by atoms with van der Waals surface area (Å²) in [4.78, 5) is 25.0. The van der Waals surface area contributed by atoms with E-state index < -0.39 is 0 Å². The number of nitrogens with one attached hydrogen (secondary N) is 1. The van der Waals surface area contributed by atoms with Gasteiger partial charge in [0.1, 0.15) is 5.75 Å². The molecular weight excluding hydrogens is 358 g/mol. The van der Waals surface area contributed by atoms with Gasteiger partial charge < -0.3 is 10.1 Å². The lowest BCUT2D eigenvalue weighted by Gasteiger charge is -2.08. The van der Waals surface area contributed by atoms with E-state index in [-0.39, 0.29) is 18.3 Å². The fourth-order valence-electron chi connectivity index (χ4n) is 2.17. The van der Waals surface area contributed by atoms with E-state index in [2.05, 4.69) is 5.32 Å². The third kappa shape index (κ3) is 4.68. The molecule has 0 saturated heterocycles. The standard InChI is InChI=1S/C19H14ClNO3S/c20-17-6-2-1-5-16(17)19(23)21-13-7-9-14(10-8-13)24-18(22)12-15-4-3-11-25-15/h1-11H,12H2,(H,21,23). The normalized spacial score (nSPS) is 10.3. The van der Waals surface area contributed by atoms with Crippen molar-refractivity contribution in [3.8, 4) is 5.75 Å². The van der Waals surface area contributed by atoms with Crippen LogP contribution in [0.4, 0.5) is 5.69 Å². The highest BCUT2D eigenvalue weighted by Crippen LogP contribution is 2.20. The number of halogens is 1. The molecule has 0 unspecified atom stereocenters. The van der Waals surface area contributed by atoms with Crippen LogP contribution >= 0.6 is 22.9 Å². The van der Waals surface area contributed by atoms with E-state index in [0.29, 0.717) is 22.0 Å². The molecule has 126 valence electrons. The summed E-state index contributed by atoms with van der Waals surface area (Å²) in [5, 5.41) is 5.06. The van der Waals surface area contributed by atoms with Gasteiger partial charge in [-0.2, -0.15) is 0 Å². The van der Waals surface area contributed by atoms with Gasteiger partial charge >= 0.3 is 5.97 Å². The van der Waals surface area contributed by atoms with E-state index in [1.165, 1.54) is 11.3 Å². The summed E-state index contributed by atoms with van der Waals surface area (Å²) < 4.78 is 5.29. The maximum atomic E-state index is 12.2. The van der Waals surface area contributed by atoms with Gasteiger partial charge in [0.25, 0.3) is 5.91 Å². The summed E-state index contributed by atoms with van der Waals surface area (Å²) >= 11 is 7.52. The topological polar surface area (TPSA) is 55.4 Å². The lowest BCUT2D eigenvalue weighted by Crippen LogP contribution is -2.13. The molecule has 0 aliphatic carbocycles. The van der Waals surface area contributed by atoms with Crippen LogP contribution < -0.4 is 10.1 Å². The van der Waals surface area contributed by atoms with Crippen molar-refractivity contribution in [1.82, 2.24) is 0 Å². The first-order valence-electron chi connectivity index (χ1n) is 7.51. The van der Waals surface area contributed by atoms with E-state index in [9.17, 15) is 9.59 Å². The summed E-state index contributed by atoms with van der Waals surface area (Å²) in [6.45, 7) is 0. The lowest BCUT2D eigenvalue weighted by atomic mass is 10.2. The highest BCUT2D eigenvalue weighted by Gasteiger charge is 2.11. The van der Waals surface area contributed by atoms with Crippen molar-refractivity contribution in [2.24, 2.45) is 0 Å². The summed E-state index contributed by atoms with van der Waals surface area (Å²) in [7, 11) is 0. The fraction of sp³-hybridized carbons (Fsp3) is 0.0526. The van der Waals surface area contributed by atoms with Gasteiger partial charge in [-0.3, -0.25) is 9.59 Å². The molecule has 0 atom stereocenters. The molecule has 0 aliphatic heterocycles. The number of esters is 1. The minimum absolute atomic E-state index is 0.239. The quantitative estimate of drug-likeness (QED) is 0.517. The van der Waals surface area contributed by atoms with Crippen LogP contribution in [-0.2, 0) is 11.2 Å². The Kier molecular flexibility index (Phi) is 5.48. The molecule has 2 aromatic carbocycles. The number of ether oxygens (including phenoxy) is 1. The lowest BCUT2D eigenvalue weighted by molar-refractivity contribution is -0.133. The molecule has 0 bridgehead atoms. The minimum Gasteiger partial charge on any atom is -0.426 e. The predicted octanol–water partition coefficient (Wildman–Crippen LogP) is 4.80. The number of hydrogen-bond donors (Lipinski definition) is 1. The molecule has 0 fully saturated rings. The third-order valence-corrected chi connectivity index (χ3v) is 4.57. The SMILES string of the molecule is O=C(Cc1cccs1)Oc1ccc(NC(=O)c2ccccc2Cl)cc1. The third-order valence-electron chi connectivity index (χ3n) is 3.36. The van der Waals surface area contributed by atoms with E-state index >= 15 is 0 Å². The average Bonchev–Trinajstić information content (AvgIpc) is 3.10. The molecule has 6 heteroatoms. The van der Waals surface area contributed by atoms with Crippen molar-refractivity contribution < 1.29 is 14.3 Å². The highest BCUT2D eigenvalue weighted by molar-refractivity contribution is 7.10. The van der Waals surface area contributed by atoms with Crippen LogP contribution in [0.15, 0.2) is 66.0 Å². The zero-order valence-electron chi connectivity index (χ0n) is 13.1. The number of benzene rings is 2. The van der Waals surface area contributed by atoms with E-state index in [1.807, 2.05) is 17.5 Å². The van der Waals surface area contributed by atoms with Gasteiger partial charge in [0.15, 0.2) is 0 Å². The second-order valence-electron chi connectivity index (χ2n) is 5.19. The van der Waals surface area contributed by atoms with Crippen LogP contribution in [0.5, 0.6) is 5.75 Å². The number of thiophene rings is 1. The molecule has 1 amide bonds. The average molecular weight is 372 g/mol. The van der Waals surface area contributed by atoms with Gasteiger partial charge in [-0.05, 0) is 47.8 Å². The number of amides is 1. The number of carbonyl (C=O) groups excluding carboxylic acids is 2. The predicted molar refractivity (Wildman–Crippen MR) is 99.5 cm³/mol. The molecule has 0 saturated carbocycles. The van der Waals surface area contributed by atoms with Crippen LogP contribution in [-0.4, -0.2) is 11.9 Å². The molecule has 3 rings (SSSR count). The molecule has 3 aromatic rings. The molecule has 0 spiro atoms. The van der Waals surface area contributed by atoms with E-state index in [4.69, 9.17) is 16.3 Å². The Hall–Kier alpha value is -2.63. The smallest absolute Gasteiger partial charge is 0.316 e. The summed E-state index contributed by atoms with van der Waals surface area (Å²) in [6, 6.07) is 17.2. The molecule has 25 heavy (non-hydrogen) atoms. The van der Waals surface area contributed by atoms with Gasteiger partial charge in [-0.1, -0.05) is 29.8 Å². The molecule has 0 aliphatic rings. The van der Waals surface area contributed by atoms with Crippen molar-refractivity contribution in [3.63, 3.8) is 0 Å². The van der Waals surface area contributed by atoms with E-state index in [0.717, 1.165) is 4.88 Å². The maximum absolute atomic E-state index is 12.2. The van der Waals surface area contributed by atoms with Crippen LogP contribution in [0.1, 0.15) is 15.2 Å². The maximum Gasteiger partial charge on any atom is 0.316 e. The van der Waals surface area contributed by atoms with Gasteiger partial charge in [0.2, 0.25) is 0 Å². The zero-order valence-corrected chi connectivity index (χ0v) is 14.6. The Morgan fingerprint density at radius 2 is 1.76 bits per heavy atom. The second kappa shape index (κ2) is 7.96. The summed E-state index contributed by atoms with van der Waals surface area (Å²) in [6.07, 6.45) is 0.239. The first-order valence-corrected chi connectivity index (χ1v) is 8.76. The number of anilines is 1. The molecule has 1 N–H and O–H groups in total. The molecule has 1 heterocycles.